The lowest BCUT2D eigenvalue weighted by atomic mass is 10.0. The summed E-state index contributed by atoms with van der Waals surface area (Å²) in [7, 11) is 0. The Morgan fingerprint density at radius 2 is 2.08 bits per heavy atom. The second-order valence-corrected chi connectivity index (χ2v) is 3.84. The van der Waals surface area contributed by atoms with Crippen LogP contribution in [0.25, 0.3) is 0 Å². The van der Waals surface area contributed by atoms with Gasteiger partial charge in [0.25, 0.3) is 0 Å². The van der Waals surface area contributed by atoms with E-state index in [1.54, 1.807) is 0 Å². The second-order valence-electron chi connectivity index (χ2n) is 3.84. The highest BCUT2D eigenvalue weighted by Crippen LogP contribution is 2.27. The number of nitrogens with one attached hydrogen (secondary N) is 2. The van der Waals surface area contributed by atoms with Gasteiger partial charge in [0.1, 0.15) is 0 Å². The molecular formula is C10H20N2O. The van der Waals surface area contributed by atoms with Crippen LogP contribution < -0.4 is 10.6 Å². The van der Waals surface area contributed by atoms with Crippen LogP contribution in [0, 0.1) is 5.92 Å². The van der Waals surface area contributed by atoms with Crippen molar-refractivity contribution in [2.45, 2.75) is 45.6 Å². The highest BCUT2D eigenvalue weighted by molar-refractivity contribution is 5.74. The maximum atomic E-state index is 11.2. The van der Waals surface area contributed by atoms with Crippen LogP contribution in [0.3, 0.4) is 0 Å². The van der Waals surface area contributed by atoms with Gasteiger partial charge in [0.2, 0.25) is 0 Å². The number of rotatable bonds is 3. The third-order valence-electron chi connectivity index (χ3n) is 2.80. The smallest absolute Gasteiger partial charge is 0.314 e. The standard InChI is InChI=1S/C10H20N2O/c1-3-11-10(13)12-8(2)9-6-4-5-7-9/h8-9H,3-7H2,1-2H3,(H2,11,12,13). The fourth-order valence-electron chi connectivity index (χ4n) is 1.99. The van der Waals surface area contributed by atoms with Gasteiger partial charge in [-0.1, -0.05) is 12.8 Å². The largest absolute Gasteiger partial charge is 0.338 e. The molecule has 0 radical (unpaired) electrons. The molecule has 0 aliphatic heterocycles. The molecule has 2 N–H and O–H groups in total. The Morgan fingerprint density at radius 1 is 1.46 bits per heavy atom. The number of carbonyl (C=O) groups is 1. The van der Waals surface area contributed by atoms with Crippen LogP contribution in [0.5, 0.6) is 0 Å². The van der Waals surface area contributed by atoms with Gasteiger partial charge in [-0.3, -0.25) is 0 Å². The van der Waals surface area contributed by atoms with Crippen LogP contribution in [-0.2, 0) is 0 Å². The van der Waals surface area contributed by atoms with E-state index >= 15 is 0 Å². The summed E-state index contributed by atoms with van der Waals surface area (Å²) in [6.07, 6.45) is 5.19. The van der Waals surface area contributed by atoms with Crippen LogP contribution in [0.15, 0.2) is 0 Å². The summed E-state index contributed by atoms with van der Waals surface area (Å²) < 4.78 is 0. The first-order valence-electron chi connectivity index (χ1n) is 5.28. The van der Waals surface area contributed by atoms with Gasteiger partial charge in [0.05, 0.1) is 0 Å². The van der Waals surface area contributed by atoms with Crippen LogP contribution in [-0.4, -0.2) is 18.6 Å². The predicted octanol–water partition coefficient (Wildman–Crippen LogP) is 1.88. The molecule has 1 aliphatic rings. The maximum Gasteiger partial charge on any atom is 0.314 e. The van der Waals surface area contributed by atoms with Gasteiger partial charge in [-0.15, -0.1) is 0 Å². The van der Waals surface area contributed by atoms with E-state index in [4.69, 9.17) is 0 Å². The van der Waals surface area contributed by atoms with Crippen molar-refractivity contribution in [3.8, 4) is 0 Å². The molecule has 1 rings (SSSR count). The van der Waals surface area contributed by atoms with E-state index in [9.17, 15) is 4.79 Å². The van der Waals surface area contributed by atoms with Gasteiger partial charge in [-0.2, -0.15) is 0 Å². The van der Waals surface area contributed by atoms with Crippen molar-refractivity contribution < 1.29 is 4.79 Å². The summed E-state index contributed by atoms with van der Waals surface area (Å²) >= 11 is 0. The second kappa shape index (κ2) is 5.10. The monoisotopic (exact) mass is 184 g/mol. The van der Waals surface area contributed by atoms with Gasteiger partial charge < -0.3 is 10.6 Å². The molecule has 1 atom stereocenters. The first-order chi connectivity index (χ1) is 6.24. The number of carbonyl (C=O) groups excluding carboxylic acids is 1. The van der Waals surface area contributed by atoms with E-state index in [1.807, 2.05) is 6.92 Å². The zero-order valence-corrected chi connectivity index (χ0v) is 8.60. The predicted molar refractivity (Wildman–Crippen MR) is 53.6 cm³/mol. The van der Waals surface area contributed by atoms with Crippen molar-refractivity contribution in [2.75, 3.05) is 6.54 Å². The highest BCUT2D eigenvalue weighted by atomic mass is 16.2. The minimum absolute atomic E-state index is 0.0260. The Bertz CT molecular complexity index is 164. The first-order valence-corrected chi connectivity index (χ1v) is 5.28. The molecule has 1 aliphatic carbocycles. The van der Waals surface area contributed by atoms with E-state index in [0.29, 0.717) is 18.5 Å². The van der Waals surface area contributed by atoms with Crippen molar-refractivity contribution in [3.63, 3.8) is 0 Å². The first kappa shape index (κ1) is 10.4. The summed E-state index contributed by atoms with van der Waals surface area (Å²) in [5.74, 6) is 0.697. The summed E-state index contributed by atoms with van der Waals surface area (Å²) in [4.78, 5) is 11.2. The lowest BCUT2D eigenvalue weighted by molar-refractivity contribution is 0.233. The van der Waals surface area contributed by atoms with Gasteiger partial charge in [0, 0.05) is 12.6 Å². The van der Waals surface area contributed by atoms with Gasteiger partial charge in [0.15, 0.2) is 0 Å². The number of amides is 2. The molecular weight excluding hydrogens is 164 g/mol. The van der Waals surface area contributed by atoms with E-state index in [2.05, 4.69) is 17.6 Å². The molecule has 0 aromatic heterocycles. The molecule has 1 fully saturated rings. The van der Waals surface area contributed by atoms with Crippen molar-refractivity contribution in [1.82, 2.24) is 10.6 Å². The zero-order chi connectivity index (χ0) is 9.68. The fraction of sp³-hybridized carbons (Fsp3) is 0.900. The molecule has 3 heteroatoms. The zero-order valence-electron chi connectivity index (χ0n) is 8.60. The number of hydrogen-bond donors (Lipinski definition) is 2. The molecule has 0 spiro atoms. The van der Waals surface area contributed by atoms with Crippen molar-refractivity contribution >= 4 is 6.03 Å². The number of urea groups is 1. The lowest BCUT2D eigenvalue weighted by Crippen LogP contribution is -2.43. The average molecular weight is 184 g/mol. The van der Waals surface area contributed by atoms with Crippen LogP contribution in [0.1, 0.15) is 39.5 Å². The van der Waals surface area contributed by atoms with Gasteiger partial charge in [-0.05, 0) is 32.6 Å². The van der Waals surface area contributed by atoms with Crippen LogP contribution in [0.4, 0.5) is 4.79 Å². The third kappa shape index (κ3) is 3.25. The highest BCUT2D eigenvalue weighted by Gasteiger charge is 2.22. The molecule has 1 saturated carbocycles. The molecule has 2 amide bonds. The Morgan fingerprint density at radius 3 is 2.62 bits per heavy atom. The van der Waals surface area contributed by atoms with Gasteiger partial charge >= 0.3 is 6.03 Å². The molecule has 3 nitrogen and oxygen atoms in total. The van der Waals surface area contributed by atoms with Crippen molar-refractivity contribution in [1.29, 1.82) is 0 Å². The average Bonchev–Trinajstić information content (AvgIpc) is 2.55. The molecule has 0 heterocycles. The summed E-state index contributed by atoms with van der Waals surface area (Å²) in [6.45, 7) is 4.73. The molecule has 0 saturated heterocycles. The Balaban J connectivity index is 2.22. The fourth-order valence-corrected chi connectivity index (χ4v) is 1.99. The van der Waals surface area contributed by atoms with E-state index < -0.39 is 0 Å². The van der Waals surface area contributed by atoms with E-state index in [-0.39, 0.29) is 6.03 Å². The quantitative estimate of drug-likeness (QED) is 0.691. The Labute approximate surface area is 80.3 Å². The molecule has 76 valence electrons. The molecule has 0 bridgehead atoms. The van der Waals surface area contributed by atoms with Gasteiger partial charge in [-0.25, -0.2) is 4.79 Å². The van der Waals surface area contributed by atoms with E-state index in [1.165, 1.54) is 25.7 Å². The van der Waals surface area contributed by atoms with Crippen LogP contribution in [0.2, 0.25) is 0 Å². The third-order valence-corrected chi connectivity index (χ3v) is 2.80. The SMILES string of the molecule is CCNC(=O)NC(C)C1CCCC1. The molecule has 0 aromatic rings. The van der Waals surface area contributed by atoms with Crippen molar-refractivity contribution in [2.24, 2.45) is 5.92 Å². The summed E-state index contributed by atoms with van der Waals surface area (Å²) in [6, 6.07) is 0.302. The molecule has 1 unspecified atom stereocenters. The van der Waals surface area contributed by atoms with E-state index in [0.717, 1.165) is 0 Å². The lowest BCUT2D eigenvalue weighted by Gasteiger charge is -2.20. The summed E-state index contributed by atoms with van der Waals surface area (Å²) in [5, 5.41) is 5.72. The van der Waals surface area contributed by atoms with Crippen molar-refractivity contribution in [3.05, 3.63) is 0 Å². The normalized spacial score (nSPS) is 19.8. The maximum absolute atomic E-state index is 11.2. The van der Waals surface area contributed by atoms with Crippen LogP contribution >= 0.6 is 0 Å². The summed E-state index contributed by atoms with van der Waals surface area (Å²) in [5.41, 5.74) is 0. The minimum atomic E-state index is -0.0260. The Kier molecular flexibility index (Phi) is 4.06. The topological polar surface area (TPSA) is 41.1 Å². The molecule has 13 heavy (non-hydrogen) atoms. The Hall–Kier alpha value is -0.730. The molecule has 0 aromatic carbocycles. The number of hydrogen-bond acceptors (Lipinski definition) is 1. The minimum Gasteiger partial charge on any atom is -0.338 e.